The number of nitrogens with zero attached hydrogens (tertiary/aromatic N) is 1. The Labute approximate surface area is 106 Å². The Bertz CT molecular complexity index is 239. The van der Waals surface area contributed by atoms with Crippen molar-refractivity contribution < 1.29 is 21.6 Å². The monoisotopic (exact) mass is 235 g/mol. The zero-order chi connectivity index (χ0) is 9.73. The van der Waals surface area contributed by atoms with Gasteiger partial charge in [0.1, 0.15) is 0 Å². The third-order valence-electron chi connectivity index (χ3n) is 1.43. The van der Waals surface area contributed by atoms with Crippen LogP contribution in [0.25, 0.3) is 0 Å². The summed E-state index contributed by atoms with van der Waals surface area (Å²) in [4.78, 5) is 0. The number of ether oxygens (including phenoxy) is 1. The maximum absolute atomic E-state index is 11.0. The van der Waals surface area contributed by atoms with E-state index in [4.69, 9.17) is 4.74 Å². The van der Waals surface area contributed by atoms with Crippen molar-refractivity contribution in [3.8, 4) is 0 Å². The van der Waals surface area contributed by atoms with Crippen molar-refractivity contribution in [1.82, 2.24) is 5.06 Å². The topological polar surface area (TPSA) is 65.1 Å². The first kappa shape index (κ1) is 14.8. The summed E-state index contributed by atoms with van der Waals surface area (Å²) in [6.45, 7) is 3.48. The molecular weight excluding hydrogens is 221 g/mol. The van der Waals surface area contributed by atoms with Crippen molar-refractivity contribution in [2.75, 3.05) is 32.9 Å². The summed E-state index contributed by atoms with van der Waals surface area (Å²) in [5, 5.41) is 1.31. The van der Waals surface area contributed by atoms with Gasteiger partial charge in [0, 0.05) is 13.1 Å². The predicted octanol–water partition coefficient (Wildman–Crippen LogP) is -1.12. The molecule has 6 nitrogen and oxygen atoms in total. The van der Waals surface area contributed by atoms with Gasteiger partial charge in [-0.25, -0.2) is 4.18 Å². The normalized spacial score (nSPS) is 18.9. The summed E-state index contributed by atoms with van der Waals surface area (Å²) in [7, 11) is -3.86. The molecule has 0 aromatic carbocycles. The molecule has 1 rings (SSSR count). The Morgan fingerprint density at radius 3 is 2.43 bits per heavy atom. The molecule has 80 valence electrons. The van der Waals surface area contributed by atoms with Gasteiger partial charge in [0.05, 0.1) is 19.8 Å². The zero-order valence-electron chi connectivity index (χ0n) is 7.43. The molecule has 0 spiro atoms. The number of hydroxylamine groups is 2. The van der Waals surface area contributed by atoms with E-state index < -0.39 is 10.4 Å². The summed E-state index contributed by atoms with van der Waals surface area (Å²) < 4.78 is 36.0. The van der Waals surface area contributed by atoms with E-state index in [1.807, 2.05) is 0 Å². The van der Waals surface area contributed by atoms with Crippen LogP contribution in [0.5, 0.6) is 0 Å². The predicted molar refractivity (Wildman–Crippen MR) is 51.2 cm³/mol. The van der Waals surface area contributed by atoms with Crippen LogP contribution in [-0.2, 0) is 23.6 Å². The van der Waals surface area contributed by atoms with Gasteiger partial charge in [-0.2, -0.15) is 17.8 Å². The van der Waals surface area contributed by atoms with Crippen molar-refractivity contribution in [3.05, 3.63) is 0 Å². The molecule has 1 heterocycles. The number of morpholine rings is 1. The van der Waals surface area contributed by atoms with Crippen LogP contribution in [0.2, 0.25) is 0 Å². The van der Waals surface area contributed by atoms with Crippen LogP contribution in [0.15, 0.2) is 0 Å². The van der Waals surface area contributed by atoms with E-state index in [0.29, 0.717) is 26.3 Å². The van der Waals surface area contributed by atoms with Crippen LogP contribution in [0.1, 0.15) is 6.92 Å². The van der Waals surface area contributed by atoms with Gasteiger partial charge < -0.3 is 4.74 Å². The average Bonchev–Trinajstić information content (AvgIpc) is 2.04. The minimum atomic E-state index is -3.86. The van der Waals surface area contributed by atoms with Crippen LogP contribution in [0.4, 0.5) is 0 Å². The second-order valence-corrected chi connectivity index (χ2v) is 3.63. The Morgan fingerprint density at radius 1 is 1.36 bits per heavy atom. The molecule has 0 aromatic rings. The summed E-state index contributed by atoms with van der Waals surface area (Å²) >= 11 is 0. The fourth-order valence-electron chi connectivity index (χ4n) is 0.916. The van der Waals surface area contributed by atoms with E-state index in [0.717, 1.165) is 0 Å². The fraction of sp³-hybridized carbons (Fsp3) is 1.00. The molecule has 14 heavy (non-hydrogen) atoms. The Hall–Kier alpha value is 0.790. The maximum atomic E-state index is 11.0. The molecule has 0 amide bonds. The second-order valence-electron chi connectivity index (χ2n) is 2.43. The van der Waals surface area contributed by atoms with Gasteiger partial charge in [0.2, 0.25) is 0 Å². The van der Waals surface area contributed by atoms with Crippen LogP contribution in [-0.4, -0.2) is 75.9 Å². The molecule has 0 bridgehead atoms. The number of hydrogen-bond acceptors (Lipinski definition) is 6. The molecule has 0 saturated carbocycles. The van der Waals surface area contributed by atoms with E-state index in [1.54, 1.807) is 6.92 Å². The van der Waals surface area contributed by atoms with Crippen molar-refractivity contribution in [3.63, 3.8) is 0 Å². The number of rotatable bonds is 4. The van der Waals surface area contributed by atoms with E-state index in [9.17, 15) is 8.42 Å². The first-order chi connectivity index (χ1) is 6.14. The van der Waals surface area contributed by atoms with Crippen LogP contribution in [0, 0.1) is 0 Å². The fourth-order valence-corrected chi connectivity index (χ4v) is 1.66. The van der Waals surface area contributed by atoms with Gasteiger partial charge in [-0.1, -0.05) is 0 Å². The third kappa shape index (κ3) is 5.62. The first-order valence-corrected chi connectivity index (χ1v) is 5.39. The van der Waals surface area contributed by atoms with E-state index in [-0.39, 0.29) is 36.2 Å². The zero-order valence-corrected chi connectivity index (χ0v) is 8.25. The van der Waals surface area contributed by atoms with Gasteiger partial charge in [-0.3, -0.25) is 0 Å². The molecule has 8 heteroatoms. The van der Waals surface area contributed by atoms with Crippen LogP contribution in [0.3, 0.4) is 0 Å². The Kier molecular flexibility index (Phi) is 7.53. The molecule has 0 atom stereocenters. The quantitative estimate of drug-likeness (QED) is 0.575. The van der Waals surface area contributed by atoms with Crippen LogP contribution >= 0.6 is 0 Å². The molecule has 1 aliphatic heterocycles. The molecular formula is C6H14NNaO5S. The average molecular weight is 235 g/mol. The summed E-state index contributed by atoms with van der Waals surface area (Å²) in [6, 6.07) is 0. The SMILES string of the molecule is CCOS(=O)(=O)ON1CCOCC1.[NaH]. The molecule has 0 aliphatic carbocycles. The van der Waals surface area contributed by atoms with Crippen LogP contribution < -0.4 is 0 Å². The van der Waals surface area contributed by atoms with Gasteiger partial charge in [0.15, 0.2) is 0 Å². The van der Waals surface area contributed by atoms with Crippen molar-refractivity contribution in [1.29, 1.82) is 0 Å². The molecule has 1 aliphatic rings. The summed E-state index contributed by atoms with van der Waals surface area (Å²) in [5.41, 5.74) is 0. The minimum absolute atomic E-state index is 0. The van der Waals surface area contributed by atoms with E-state index >= 15 is 0 Å². The van der Waals surface area contributed by atoms with Crippen molar-refractivity contribution in [2.45, 2.75) is 6.92 Å². The molecule has 0 radical (unpaired) electrons. The molecule has 1 saturated heterocycles. The van der Waals surface area contributed by atoms with Crippen molar-refractivity contribution >= 4 is 40.0 Å². The molecule has 0 unspecified atom stereocenters. The van der Waals surface area contributed by atoms with Crippen molar-refractivity contribution in [2.24, 2.45) is 0 Å². The van der Waals surface area contributed by atoms with E-state index in [2.05, 4.69) is 8.47 Å². The molecule has 0 aromatic heterocycles. The van der Waals surface area contributed by atoms with E-state index in [1.165, 1.54) is 5.06 Å². The Morgan fingerprint density at radius 2 is 1.93 bits per heavy atom. The number of hydrogen-bond donors (Lipinski definition) is 0. The summed E-state index contributed by atoms with van der Waals surface area (Å²) in [5.74, 6) is 0. The third-order valence-corrected chi connectivity index (χ3v) is 2.35. The first-order valence-electron chi connectivity index (χ1n) is 4.05. The van der Waals surface area contributed by atoms with Gasteiger partial charge in [-0.05, 0) is 6.92 Å². The van der Waals surface area contributed by atoms with Gasteiger partial charge in [0.25, 0.3) is 0 Å². The second kappa shape index (κ2) is 7.13. The van der Waals surface area contributed by atoms with Gasteiger partial charge in [-0.15, -0.1) is 0 Å². The molecule has 1 fully saturated rings. The summed E-state index contributed by atoms with van der Waals surface area (Å²) in [6.07, 6.45) is 0. The van der Waals surface area contributed by atoms with Gasteiger partial charge >= 0.3 is 40.0 Å². The standard InChI is InChI=1S/C6H13NO5S.Na.H/c1-2-11-13(8,9)12-7-3-5-10-6-4-7;;/h2-6H2,1H3;;. The molecule has 0 N–H and O–H groups in total. The Balaban J connectivity index is 0.00000169.